The van der Waals surface area contributed by atoms with Crippen LogP contribution in [-0.4, -0.2) is 34.8 Å². The second-order valence-electron chi connectivity index (χ2n) is 5.29. The molecule has 0 aromatic heterocycles. The van der Waals surface area contributed by atoms with Crippen molar-refractivity contribution in [3.63, 3.8) is 0 Å². The molecule has 1 amide bonds. The number of nitrogens with one attached hydrogen (secondary N) is 1. The molecule has 6 nitrogen and oxygen atoms in total. The van der Waals surface area contributed by atoms with Crippen molar-refractivity contribution in [2.24, 2.45) is 0 Å². The van der Waals surface area contributed by atoms with Crippen LogP contribution in [0.1, 0.15) is 15.9 Å². The molecule has 0 aliphatic carbocycles. The van der Waals surface area contributed by atoms with Gasteiger partial charge in [0.2, 0.25) is 0 Å². The van der Waals surface area contributed by atoms with Gasteiger partial charge < -0.3 is 14.8 Å². The number of anilines is 1. The van der Waals surface area contributed by atoms with Crippen molar-refractivity contribution >= 4 is 21.4 Å². The Morgan fingerprint density at radius 2 is 1.71 bits per heavy atom. The fourth-order valence-electron chi connectivity index (χ4n) is 2.15. The topological polar surface area (TPSA) is 81.7 Å². The highest BCUT2D eigenvalue weighted by Crippen LogP contribution is 2.29. The van der Waals surface area contributed by atoms with Crippen molar-refractivity contribution in [1.29, 1.82) is 0 Å². The molecule has 0 saturated heterocycles. The number of sulfone groups is 1. The Hall–Kier alpha value is -2.54. The molecule has 1 N–H and O–H groups in total. The summed E-state index contributed by atoms with van der Waals surface area (Å²) in [6.07, 6.45) is 1.17. The molecule has 0 bridgehead atoms. The Kier molecular flexibility index (Phi) is 5.46. The zero-order valence-corrected chi connectivity index (χ0v) is 14.5. The Morgan fingerprint density at radius 1 is 1.04 bits per heavy atom. The molecule has 0 aliphatic heterocycles. The molecule has 2 aromatic carbocycles. The van der Waals surface area contributed by atoms with Crippen LogP contribution in [0.4, 0.5) is 5.69 Å². The van der Waals surface area contributed by atoms with Crippen molar-refractivity contribution in [3.05, 3.63) is 53.6 Å². The zero-order valence-electron chi connectivity index (χ0n) is 13.7. The van der Waals surface area contributed by atoms with Gasteiger partial charge in [0, 0.05) is 17.9 Å². The van der Waals surface area contributed by atoms with E-state index in [1.165, 1.54) is 13.4 Å². The van der Waals surface area contributed by atoms with Crippen LogP contribution in [0, 0.1) is 0 Å². The summed E-state index contributed by atoms with van der Waals surface area (Å²) < 4.78 is 32.9. The van der Waals surface area contributed by atoms with E-state index >= 15 is 0 Å². The van der Waals surface area contributed by atoms with Gasteiger partial charge in [-0.1, -0.05) is 12.1 Å². The molecule has 128 valence electrons. The van der Waals surface area contributed by atoms with Gasteiger partial charge in [0.1, 0.15) is 11.5 Å². The average Bonchev–Trinajstić information content (AvgIpc) is 2.54. The predicted octanol–water partition coefficient (Wildman–Crippen LogP) is 2.50. The molecule has 0 unspecified atom stereocenters. The fourth-order valence-corrected chi connectivity index (χ4v) is 2.95. The van der Waals surface area contributed by atoms with Crippen molar-refractivity contribution < 1.29 is 22.7 Å². The van der Waals surface area contributed by atoms with Crippen LogP contribution < -0.4 is 14.8 Å². The summed E-state index contributed by atoms with van der Waals surface area (Å²) in [5.74, 6) is 0.733. The van der Waals surface area contributed by atoms with Crippen LogP contribution in [0.3, 0.4) is 0 Å². The van der Waals surface area contributed by atoms with Crippen LogP contribution >= 0.6 is 0 Å². The Balaban J connectivity index is 2.15. The highest BCUT2D eigenvalue weighted by atomic mass is 32.2. The SMILES string of the molecule is COc1ccc(NC(=O)c2ccc(CS(C)(=O)=O)cc2)c(OC)c1. The molecule has 0 saturated carbocycles. The number of ether oxygens (including phenoxy) is 2. The van der Waals surface area contributed by atoms with Gasteiger partial charge in [-0.2, -0.15) is 0 Å². The largest absolute Gasteiger partial charge is 0.497 e. The summed E-state index contributed by atoms with van der Waals surface area (Å²) in [5.41, 5.74) is 1.57. The van der Waals surface area contributed by atoms with Crippen LogP contribution in [-0.2, 0) is 15.6 Å². The predicted molar refractivity (Wildman–Crippen MR) is 92.5 cm³/mol. The van der Waals surface area contributed by atoms with E-state index in [4.69, 9.17) is 9.47 Å². The van der Waals surface area contributed by atoms with Gasteiger partial charge in [0.15, 0.2) is 9.84 Å². The maximum absolute atomic E-state index is 12.3. The first-order valence-corrected chi connectivity index (χ1v) is 9.18. The molecule has 0 fully saturated rings. The number of amides is 1. The normalized spacial score (nSPS) is 11.0. The lowest BCUT2D eigenvalue weighted by Gasteiger charge is -2.12. The standard InChI is InChI=1S/C17H19NO5S/c1-22-14-8-9-15(16(10-14)23-2)18-17(19)13-6-4-12(5-7-13)11-24(3,20)21/h4-10H,11H2,1-3H3,(H,18,19). The van der Waals surface area contributed by atoms with Crippen molar-refractivity contribution in [2.45, 2.75) is 5.75 Å². The van der Waals surface area contributed by atoms with E-state index in [9.17, 15) is 13.2 Å². The zero-order chi connectivity index (χ0) is 17.7. The van der Waals surface area contributed by atoms with E-state index in [1.54, 1.807) is 49.6 Å². The van der Waals surface area contributed by atoms with Gasteiger partial charge >= 0.3 is 0 Å². The van der Waals surface area contributed by atoms with Gasteiger partial charge in [0.05, 0.1) is 25.7 Å². The lowest BCUT2D eigenvalue weighted by atomic mass is 10.1. The number of methoxy groups -OCH3 is 2. The summed E-state index contributed by atoms with van der Waals surface area (Å²) in [6, 6.07) is 11.5. The van der Waals surface area contributed by atoms with E-state index in [-0.39, 0.29) is 11.7 Å². The van der Waals surface area contributed by atoms with E-state index in [0.29, 0.717) is 28.3 Å². The second kappa shape index (κ2) is 7.35. The van der Waals surface area contributed by atoms with Crippen molar-refractivity contribution in [3.8, 4) is 11.5 Å². The monoisotopic (exact) mass is 349 g/mol. The minimum atomic E-state index is -3.10. The summed E-state index contributed by atoms with van der Waals surface area (Å²) in [6.45, 7) is 0. The molecule has 24 heavy (non-hydrogen) atoms. The number of carbonyl (C=O) groups is 1. The molecule has 2 aromatic rings. The first-order chi connectivity index (χ1) is 11.3. The summed E-state index contributed by atoms with van der Waals surface area (Å²) in [4.78, 5) is 12.3. The second-order valence-corrected chi connectivity index (χ2v) is 7.43. The summed E-state index contributed by atoms with van der Waals surface area (Å²) >= 11 is 0. The lowest BCUT2D eigenvalue weighted by molar-refractivity contribution is 0.102. The maximum Gasteiger partial charge on any atom is 0.255 e. The maximum atomic E-state index is 12.3. The molecule has 0 spiro atoms. The molecule has 0 radical (unpaired) electrons. The number of carbonyl (C=O) groups excluding carboxylic acids is 1. The molecule has 2 rings (SSSR count). The third-order valence-corrected chi connectivity index (χ3v) is 4.16. The lowest BCUT2D eigenvalue weighted by Crippen LogP contribution is -2.13. The third-order valence-electron chi connectivity index (χ3n) is 3.30. The smallest absolute Gasteiger partial charge is 0.255 e. The molecule has 0 aliphatic rings. The number of benzene rings is 2. The van der Waals surface area contributed by atoms with E-state index < -0.39 is 9.84 Å². The molecule has 0 atom stereocenters. The summed E-state index contributed by atoms with van der Waals surface area (Å²) in [5, 5.41) is 2.76. The Bertz CT molecular complexity index is 829. The van der Waals surface area contributed by atoms with Gasteiger partial charge in [-0.3, -0.25) is 4.79 Å². The van der Waals surface area contributed by atoms with E-state index in [0.717, 1.165) is 0 Å². The highest BCUT2D eigenvalue weighted by Gasteiger charge is 2.11. The molecule has 7 heteroatoms. The van der Waals surface area contributed by atoms with Crippen LogP contribution in [0.15, 0.2) is 42.5 Å². The molecular weight excluding hydrogens is 330 g/mol. The number of rotatable bonds is 6. The average molecular weight is 349 g/mol. The van der Waals surface area contributed by atoms with Crippen LogP contribution in [0.25, 0.3) is 0 Å². The van der Waals surface area contributed by atoms with Crippen molar-refractivity contribution in [1.82, 2.24) is 0 Å². The quantitative estimate of drug-likeness (QED) is 0.866. The minimum Gasteiger partial charge on any atom is -0.497 e. The first-order valence-electron chi connectivity index (χ1n) is 7.12. The Labute approximate surface area is 141 Å². The van der Waals surface area contributed by atoms with Gasteiger partial charge in [0.25, 0.3) is 5.91 Å². The molecule has 0 heterocycles. The van der Waals surface area contributed by atoms with Crippen LogP contribution in [0.5, 0.6) is 11.5 Å². The van der Waals surface area contributed by atoms with Gasteiger partial charge in [-0.15, -0.1) is 0 Å². The molecular formula is C17H19NO5S. The highest BCUT2D eigenvalue weighted by molar-refractivity contribution is 7.89. The fraction of sp³-hybridized carbons (Fsp3) is 0.235. The van der Waals surface area contributed by atoms with Gasteiger partial charge in [-0.05, 0) is 29.8 Å². The Morgan fingerprint density at radius 3 is 2.25 bits per heavy atom. The van der Waals surface area contributed by atoms with Crippen LogP contribution in [0.2, 0.25) is 0 Å². The number of hydrogen-bond acceptors (Lipinski definition) is 5. The number of hydrogen-bond donors (Lipinski definition) is 1. The first kappa shape index (κ1) is 17.8. The third kappa shape index (κ3) is 4.73. The van der Waals surface area contributed by atoms with Gasteiger partial charge in [-0.25, -0.2) is 8.42 Å². The van der Waals surface area contributed by atoms with E-state index in [2.05, 4.69) is 5.32 Å². The van der Waals surface area contributed by atoms with Crippen molar-refractivity contribution in [2.75, 3.05) is 25.8 Å². The summed E-state index contributed by atoms with van der Waals surface area (Å²) in [7, 11) is -0.0523. The van der Waals surface area contributed by atoms with E-state index in [1.807, 2.05) is 0 Å². The minimum absolute atomic E-state index is 0.0544.